The minimum Gasteiger partial charge on any atom is -0.383 e. The Balaban J connectivity index is 2.68. The van der Waals surface area contributed by atoms with Crippen molar-refractivity contribution < 1.29 is 4.74 Å². The Morgan fingerprint density at radius 2 is 2.11 bits per heavy atom. The van der Waals surface area contributed by atoms with Crippen LogP contribution in [0, 0.1) is 0 Å². The fourth-order valence-electron chi connectivity index (χ4n) is 1.95. The molecular formula is C15H25ClN2O. The Bertz CT molecular complexity index is 371. The summed E-state index contributed by atoms with van der Waals surface area (Å²) in [5, 5.41) is 4.20. The van der Waals surface area contributed by atoms with Gasteiger partial charge in [0.2, 0.25) is 0 Å². The summed E-state index contributed by atoms with van der Waals surface area (Å²) in [5.74, 6) is 0. The lowest BCUT2D eigenvalue weighted by Gasteiger charge is -2.23. The Morgan fingerprint density at radius 1 is 1.32 bits per heavy atom. The summed E-state index contributed by atoms with van der Waals surface area (Å²) in [7, 11) is 1.73. The smallest absolute Gasteiger partial charge is 0.0637 e. The number of nitrogens with zero attached hydrogens (tertiary/aromatic N) is 1. The molecule has 0 spiro atoms. The summed E-state index contributed by atoms with van der Waals surface area (Å²) in [4.78, 5) is 2.26. The van der Waals surface area contributed by atoms with E-state index >= 15 is 0 Å². The molecule has 0 aliphatic heterocycles. The predicted octanol–water partition coefficient (Wildman–Crippen LogP) is 3.31. The molecule has 1 aromatic rings. The lowest BCUT2D eigenvalue weighted by molar-refractivity contribution is 0.205. The standard InChI is InChI=1S/C15H25ClN2O/c1-4-8-17-12-13-6-7-14(11-15(13)16)18(5-2)9-10-19-3/h6-7,11,17H,4-5,8-10,12H2,1-3H3. The van der Waals surface area contributed by atoms with Gasteiger partial charge in [0.15, 0.2) is 0 Å². The number of hydrogen-bond donors (Lipinski definition) is 1. The van der Waals surface area contributed by atoms with Crippen LogP contribution in [0.4, 0.5) is 5.69 Å². The number of likely N-dealkylation sites (N-methyl/N-ethyl adjacent to an activating group) is 1. The highest BCUT2D eigenvalue weighted by molar-refractivity contribution is 6.31. The monoisotopic (exact) mass is 284 g/mol. The highest BCUT2D eigenvalue weighted by Crippen LogP contribution is 2.23. The molecule has 3 nitrogen and oxygen atoms in total. The van der Waals surface area contributed by atoms with Gasteiger partial charge in [0.25, 0.3) is 0 Å². The average Bonchev–Trinajstić information content (AvgIpc) is 2.42. The molecule has 0 aliphatic rings. The minimum atomic E-state index is 0.727. The molecule has 0 heterocycles. The van der Waals surface area contributed by atoms with Crippen molar-refractivity contribution in [1.82, 2.24) is 5.32 Å². The van der Waals surface area contributed by atoms with Crippen molar-refractivity contribution >= 4 is 17.3 Å². The fourth-order valence-corrected chi connectivity index (χ4v) is 2.19. The minimum absolute atomic E-state index is 0.727. The van der Waals surface area contributed by atoms with Crippen LogP contribution in [0.5, 0.6) is 0 Å². The van der Waals surface area contributed by atoms with E-state index in [4.69, 9.17) is 16.3 Å². The molecule has 1 rings (SSSR count). The summed E-state index contributed by atoms with van der Waals surface area (Å²) < 4.78 is 5.13. The molecule has 0 saturated carbocycles. The molecule has 0 radical (unpaired) electrons. The van der Waals surface area contributed by atoms with Crippen molar-refractivity contribution in [2.45, 2.75) is 26.8 Å². The van der Waals surface area contributed by atoms with Crippen LogP contribution in [0.1, 0.15) is 25.8 Å². The SMILES string of the molecule is CCCNCc1ccc(N(CC)CCOC)cc1Cl. The highest BCUT2D eigenvalue weighted by Gasteiger charge is 2.07. The van der Waals surface area contributed by atoms with Gasteiger partial charge in [0.1, 0.15) is 0 Å². The first kappa shape index (κ1) is 16.3. The number of methoxy groups -OCH3 is 1. The second kappa shape index (κ2) is 9.18. The maximum absolute atomic E-state index is 6.35. The molecule has 19 heavy (non-hydrogen) atoms. The van der Waals surface area contributed by atoms with Crippen molar-refractivity contribution in [3.8, 4) is 0 Å². The Labute approximate surface area is 121 Å². The first-order valence-electron chi connectivity index (χ1n) is 6.95. The van der Waals surface area contributed by atoms with E-state index in [1.165, 1.54) is 0 Å². The van der Waals surface area contributed by atoms with Gasteiger partial charge >= 0.3 is 0 Å². The van der Waals surface area contributed by atoms with Crippen molar-refractivity contribution in [3.63, 3.8) is 0 Å². The van der Waals surface area contributed by atoms with E-state index in [0.29, 0.717) is 0 Å². The van der Waals surface area contributed by atoms with Crippen LogP contribution in [0.25, 0.3) is 0 Å². The van der Waals surface area contributed by atoms with Crippen molar-refractivity contribution in [1.29, 1.82) is 0 Å². The van der Waals surface area contributed by atoms with Crippen LogP contribution in [0.2, 0.25) is 5.02 Å². The first-order valence-corrected chi connectivity index (χ1v) is 7.33. The number of ether oxygens (including phenoxy) is 1. The normalized spacial score (nSPS) is 10.7. The lowest BCUT2D eigenvalue weighted by atomic mass is 10.2. The molecule has 1 N–H and O–H groups in total. The lowest BCUT2D eigenvalue weighted by Crippen LogP contribution is -2.26. The van der Waals surface area contributed by atoms with Gasteiger partial charge in [0, 0.05) is 37.5 Å². The summed E-state index contributed by atoms with van der Waals surface area (Å²) in [6.45, 7) is 8.71. The number of halogens is 1. The molecule has 0 atom stereocenters. The molecule has 4 heteroatoms. The van der Waals surface area contributed by atoms with Gasteiger partial charge in [-0.25, -0.2) is 0 Å². The van der Waals surface area contributed by atoms with Crippen LogP contribution in [0.3, 0.4) is 0 Å². The van der Waals surface area contributed by atoms with Crippen LogP contribution in [0.15, 0.2) is 18.2 Å². The van der Waals surface area contributed by atoms with E-state index in [-0.39, 0.29) is 0 Å². The van der Waals surface area contributed by atoms with Gasteiger partial charge < -0.3 is 15.0 Å². The third-order valence-electron chi connectivity index (χ3n) is 3.09. The van der Waals surface area contributed by atoms with Crippen LogP contribution in [-0.2, 0) is 11.3 Å². The topological polar surface area (TPSA) is 24.5 Å². The van der Waals surface area contributed by atoms with Gasteiger partial charge in [0.05, 0.1) is 6.61 Å². The van der Waals surface area contributed by atoms with Gasteiger partial charge in [-0.3, -0.25) is 0 Å². The zero-order valence-electron chi connectivity index (χ0n) is 12.2. The van der Waals surface area contributed by atoms with Crippen LogP contribution < -0.4 is 10.2 Å². The van der Waals surface area contributed by atoms with Crippen molar-refractivity contribution in [2.75, 3.05) is 38.3 Å². The maximum atomic E-state index is 6.35. The average molecular weight is 285 g/mol. The number of hydrogen-bond acceptors (Lipinski definition) is 3. The third kappa shape index (κ3) is 5.39. The van der Waals surface area contributed by atoms with Crippen LogP contribution >= 0.6 is 11.6 Å². The maximum Gasteiger partial charge on any atom is 0.0637 e. The van der Waals surface area contributed by atoms with E-state index in [2.05, 4.69) is 36.2 Å². The molecule has 0 saturated heterocycles. The summed E-state index contributed by atoms with van der Waals surface area (Å²) in [6, 6.07) is 6.29. The zero-order chi connectivity index (χ0) is 14.1. The predicted molar refractivity (Wildman–Crippen MR) is 83.2 cm³/mol. The number of nitrogens with one attached hydrogen (secondary N) is 1. The second-order valence-electron chi connectivity index (χ2n) is 4.52. The Kier molecular flexibility index (Phi) is 7.87. The van der Waals surface area contributed by atoms with E-state index in [0.717, 1.165) is 55.5 Å². The molecular weight excluding hydrogens is 260 g/mol. The van der Waals surface area contributed by atoms with E-state index < -0.39 is 0 Å². The Hall–Kier alpha value is -0.770. The molecule has 0 aliphatic carbocycles. The van der Waals surface area contributed by atoms with Gasteiger partial charge in [-0.05, 0) is 37.6 Å². The largest absolute Gasteiger partial charge is 0.383 e. The van der Waals surface area contributed by atoms with E-state index in [9.17, 15) is 0 Å². The highest BCUT2D eigenvalue weighted by atomic mass is 35.5. The number of anilines is 1. The summed E-state index contributed by atoms with van der Waals surface area (Å²) >= 11 is 6.35. The molecule has 0 fully saturated rings. The third-order valence-corrected chi connectivity index (χ3v) is 3.44. The second-order valence-corrected chi connectivity index (χ2v) is 4.93. The van der Waals surface area contributed by atoms with E-state index in [1.54, 1.807) is 7.11 Å². The molecule has 0 unspecified atom stereocenters. The Morgan fingerprint density at radius 3 is 2.68 bits per heavy atom. The summed E-state index contributed by atoms with van der Waals surface area (Å²) in [5.41, 5.74) is 2.31. The van der Waals surface area contributed by atoms with Gasteiger partial charge in [-0.1, -0.05) is 24.6 Å². The first-order chi connectivity index (χ1) is 9.22. The van der Waals surface area contributed by atoms with E-state index in [1.807, 2.05) is 6.07 Å². The molecule has 1 aromatic carbocycles. The van der Waals surface area contributed by atoms with Crippen molar-refractivity contribution in [3.05, 3.63) is 28.8 Å². The number of benzene rings is 1. The summed E-state index contributed by atoms with van der Waals surface area (Å²) in [6.07, 6.45) is 1.14. The molecule has 0 aromatic heterocycles. The van der Waals surface area contributed by atoms with Gasteiger partial charge in [-0.15, -0.1) is 0 Å². The number of rotatable bonds is 9. The van der Waals surface area contributed by atoms with Gasteiger partial charge in [-0.2, -0.15) is 0 Å². The molecule has 0 amide bonds. The quantitative estimate of drug-likeness (QED) is 0.704. The zero-order valence-corrected chi connectivity index (χ0v) is 13.0. The van der Waals surface area contributed by atoms with Crippen molar-refractivity contribution in [2.24, 2.45) is 0 Å². The molecule has 0 bridgehead atoms. The fraction of sp³-hybridized carbons (Fsp3) is 0.600. The molecule has 108 valence electrons. The van der Waals surface area contributed by atoms with Crippen LogP contribution in [-0.4, -0.2) is 33.4 Å².